The van der Waals surface area contributed by atoms with Crippen LogP contribution in [0.1, 0.15) is 34.7 Å². The number of hydrogen-bond donors (Lipinski definition) is 0. The molecule has 1 heterocycles. The number of benzene rings is 8. The van der Waals surface area contributed by atoms with Gasteiger partial charge in [0.2, 0.25) is 0 Å². The lowest BCUT2D eigenvalue weighted by molar-refractivity contribution is 0.669. The number of furan rings is 1. The van der Waals surface area contributed by atoms with Crippen molar-refractivity contribution in [3.8, 4) is 22.3 Å². The van der Waals surface area contributed by atoms with Gasteiger partial charge in [-0.3, -0.25) is 0 Å². The third kappa shape index (κ3) is 3.71. The van der Waals surface area contributed by atoms with Crippen LogP contribution >= 0.6 is 0 Å². The van der Waals surface area contributed by atoms with E-state index in [1.165, 1.54) is 60.8 Å². The molecule has 8 aromatic carbocycles. The van der Waals surface area contributed by atoms with E-state index in [1.807, 2.05) is 6.07 Å². The molecule has 0 amide bonds. The van der Waals surface area contributed by atoms with E-state index in [1.54, 1.807) is 0 Å². The molecule has 0 aliphatic heterocycles. The number of fused-ring (bicyclic) bond motifs is 12. The fourth-order valence-corrected chi connectivity index (χ4v) is 9.43. The summed E-state index contributed by atoms with van der Waals surface area (Å²) in [6, 6.07) is 62.5. The second kappa shape index (κ2) is 10.6. The third-order valence-electron chi connectivity index (χ3n) is 11.4. The molecule has 1 atom stereocenters. The summed E-state index contributed by atoms with van der Waals surface area (Å²) in [4.78, 5) is 2.38. The molecular formula is C49H33NO. The van der Waals surface area contributed by atoms with Crippen molar-refractivity contribution < 1.29 is 4.42 Å². The third-order valence-corrected chi connectivity index (χ3v) is 11.4. The summed E-state index contributed by atoms with van der Waals surface area (Å²) < 4.78 is 6.67. The molecule has 1 aromatic heterocycles. The lowest BCUT2D eigenvalue weighted by Crippen LogP contribution is -2.33. The summed E-state index contributed by atoms with van der Waals surface area (Å²) in [5, 5.41) is 4.91. The van der Waals surface area contributed by atoms with Crippen LogP contribution in [0, 0.1) is 0 Å². The average Bonchev–Trinajstić information content (AvgIpc) is 3.72. The van der Waals surface area contributed by atoms with Crippen LogP contribution in [-0.2, 0) is 11.8 Å². The Kier molecular flexibility index (Phi) is 5.89. The molecule has 51 heavy (non-hydrogen) atoms. The lowest BCUT2D eigenvalue weighted by Gasteiger charge is -2.41. The van der Waals surface area contributed by atoms with Crippen LogP contribution in [0.2, 0.25) is 0 Å². The molecule has 1 spiro atoms. The zero-order valence-corrected chi connectivity index (χ0v) is 28.2. The van der Waals surface area contributed by atoms with Gasteiger partial charge in [-0.1, -0.05) is 140 Å². The largest absolute Gasteiger partial charge is 0.454 e. The van der Waals surface area contributed by atoms with Crippen molar-refractivity contribution in [1.82, 2.24) is 0 Å². The highest BCUT2D eigenvalue weighted by Crippen LogP contribution is 2.63. The zero-order valence-electron chi connectivity index (χ0n) is 28.2. The molecule has 0 fully saturated rings. The fraction of sp³-hybridized carbons (Fsp3) is 0.0612. The lowest BCUT2D eigenvalue weighted by atomic mass is 9.60. The molecular weight excluding hydrogens is 619 g/mol. The Bertz CT molecular complexity index is 2860. The van der Waals surface area contributed by atoms with Gasteiger partial charge in [0.25, 0.3) is 0 Å². The molecule has 0 saturated heterocycles. The predicted octanol–water partition coefficient (Wildman–Crippen LogP) is 13.1. The summed E-state index contributed by atoms with van der Waals surface area (Å²) in [5.41, 5.74) is 16.6. The van der Waals surface area contributed by atoms with Crippen molar-refractivity contribution in [2.24, 2.45) is 0 Å². The van der Waals surface area contributed by atoms with Crippen LogP contribution in [-0.4, -0.2) is 0 Å². The smallest absolute Gasteiger partial charge is 0.159 e. The van der Waals surface area contributed by atoms with Gasteiger partial charge in [-0.2, -0.15) is 0 Å². The second-order valence-corrected chi connectivity index (χ2v) is 13.9. The summed E-state index contributed by atoms with van der Waals surface area (Å²) in [7, 11) is 0. The summed E-state index contributed by atoms with van der Waals surface area (Å²) in [5.74, 6) is 0. The number of hydrogen-bond acceptors (Lipinski definition) is 2. The molecule has 2 aliphatic carbocycles. The molecule has 0 bridgehead atoms. The van der Waals surface area contributed by atoms with E-state index in [4.69, 9.17) is 4.42 Å². The molecule has 2 heteroatoms. The van der Waals surface area contributed by atoms with E-state index < -0.39 is 5.41 Å². The topological polar surface area (TPSA) is 16.4 Å². The first-order valence-electron chi connectivity index (χ1n) is 17.9. The molecule has 0 radical (unpaired) electrons. The highest BCUT2D eigenvalue weighted by molar-refractivity contribution is 6.11. The number of aryl methyl sites for hydroxylation is 1. The Morgan fingerprint density at radius 1 is 0.510 bits per heavy atom. The van der Waals surface area contributed by atoms with Gasteiger partial charge in [0, 0.05) is 22.1 Å². The maximum atomic E-state index is 6.67. The quantitative estimate of drug-likeness (QED) is 0.188. The van der Waals surface area contributed by atoms with Crippen LogP contribution in [0.25, 0.3) is 55.0 Å². The normalized spacial score (nSPS) is 15.3. The van der Waals surface area contributed by atoms with Crippen molar-refractivity contribution in [2.75, 3.05) is 4.90 Å². The van der Waals surface area contributed by atoms with E-state index in [0.717, 1.165) is 45.4 Å². The van der Waals surface area contributed by atoms with Crippen LogP contribution in [0.3, 0.4) is 0 Å². The molecule has 240 valence electrons. The van der Waals surface area contributed by atoms with Gasteiger partial charge in [0.15, 0.2) is 5.58 Å². The van der Waals surface area contributed by atoms with E-state index in [0.29, 0.717) is 0 Å². The summed E-state index contributed by atoms with van der Waals surface area (Å²) >= 11 is 0. The monoisotopic (exact) mass is 651 g/mol. The standard InChI is InChI=1S/C49H33NO/c1-2-31-26-27-32-14-12-20-39-36-18-7-10-23-42(36)49(47(31)46(32)39)41-22-9-6-17-35(41)37-29-28-34(30-43(37)49)50(33-15-4-3-5-16-33)44-24-13-21-40-38-19-8-11-25-45(38)51-48(40)44/h3-30H,2H2,1H3. The van der Waals surface area contributed by atoms with Gasteiger partial charge >= 0.3 is 0 Å². The summed E-state index contributed by atoms with van der Waals surface area (Å²) in [6.45, 7) is 2.30. The minimum atomic E-state index is -0.495. The zero-order chi connectivity index (χ0) is 33.7. The highest BCUT2D eigenvalue weighted by atomic mass is 16.3. The van der Waals surface area contributed by atoms with Gasteiger partial charge in [-0.25, -0.2) is 0 Å². The number of anilines is 3. The van der Waals surface area contributed by atoms with E-state index >= 15 is 0 Å². The van der Waals surface area contributed by atoms with Crippen molar-refractivity contribution in [2.45, 2.75) is 18.8 Å². The minimum Gasteiger partial charge on any atom is -0.454 e. The Morgan fingerprint density at radius 2 is 1.18 bits per heavy atom. The van der Waals surface area contributed by atoms with E-state index in [-0.39, 0.29) is 0 Å². The molecule has 0 N–H and O–H groups in total. The Labute approximate surface area is 296 Å². The molecule has 11 rings (SSSR count). The SMILES string of the molecule is CCc1ccc2cccc3c2c1C1(c2ccccc2-c2ccc(N(c4ccccc4)c4cccc5c4oc4ccccc45)cc21)c1ccccc1-3. The predicted molar refractivity (Wildman–Crippen MR) is 212 cm³/mol. The first kappa shape index (κ1) is 28.5. The van der Waals surface area contributed by atoms with Crippen LogP contribution in [0.4, 0.5) is 17.1 Å². The molecule has 2 nitrogen and oxygen atoms in total. The van der Waals surface area contributed by atoms with Gasteiger partial charge in [0.1, 0.15) is 5.58 Å². The Hall–Kier alpha value is -6.38. The first-order valence-corrected chi connectivity index (χ1v) is 17.9. The maximum absolute atomic E-state index is 6.67. The fourth-order valence-electron chi connectivity index (χ4n) is 9.43. The van der Waals surface area contributed by atoms with Crippen LogP contribution in [0.15, 0.2) is 174 Å². The second-order valence-electron chi connectivity index (χ2n) is 13.9. The number of nitrogens with zero attached hydrogens (tertiary/aromatic N) is 1. The van der Waals surface area contributed by atoms with Crippen molar-refractivity contribution in [3.63, 3.8) is 0 Å². The molecule has 2 aliphatic rings. The first-order chi connectivity index (χ1) is 25.3. The van der Waals surface area contributed by atoms with Crippen LogP contribution < -0.4 is 4.90 Å². The van der Waals surface area contributed by atoms with Crippen LogP contribution in [0.5, 0.6) is 0 Å². The average molecular weight is 652 g/mol. The van der Waals surface area contributed by atoms with Gasteiger partial charge in [0.05, 0.1) is 11.1 Å². The Balaban J connectivity index is 1.27. The minimum absolute atomic E-state index is 0.495. The summed E-state index contributed by atoms with van der Waals surface area (Å²) in [6.07, 6.45) is 0.949. The van der Waals surface area contributed by atoms with Crippen molar-refractivity contribution in [3.05, 3.63) is 198 Å². The molecule has 9 aromatic rings. The number of para-hydroxylation sites is 3. The van der Waals surface area contributed by atoms with Gasteiger partial charge < -0.3 is 9.32 Å². The Morgan fingerprint density at radius 3 is 2.00 bits per heavy atom. The number of rotatable bonds is 4. The van der Waals surface area contributed by atoms with Crippen molar-refractivity contribution in [1.29, 1.82) is 0 Å². The van der Waals surface area contributed by atoms with Crippen molar-refractivity contribution >= 4 is 49.8 Å². The van der Waals surface area contributed by atoms with E-state index in [9.17, 15) is 0 Å². The maximum Gasteiger partial charge on any atom is 0.159 e. The molecule has 0 saturated carbocycles. The van der Waals surface area contributed by atoms with Gasteiger partial charge in [-0.15, -0.1) is 0 Å². The van der Waals surface area contributed by atoms with Gasteiger partial charge in [-0.05, 0) is 104 Å². The molecule has 1 unspecified atom stereocenters. The van der Waals surface area contributed by atoms with E-state index in [2.05, 4.69) is 176 Å². The highest BCUT2D eigenvalue weighted by Gasteiger charge is 2.51.